The zero-order valence-electron chi connectivity index (χ0n) is 78.2. The molecular formula is C128H88N8O4. The van der Waals surface area contributed by atoms with E-state index in [1.54, 1.807) is 0 Å². The van der Waals surface area contributed by atoms with Crippen molar-refractivity contribution in [1.29, 1.82) is 0 Å². The molecule has 32 rings (SSSR count). The highest BCUT2D eigenvalue weighted by Crippen LogP contribution is 2.61. The fourth-order valence-electron chi connectivity index (χ4n) is 25.0. The molecule has 140 heavy (non-hydrogen) atoms. The van der Waals surface area contributed by atoms with Crippen molar-refractivity contribution in [2.45, 2.75) is 77.0 Å². The lowest BCUT2D eigenvalue weighted by Crippen LogP contribution is -2.16. The molecule has 0 saturated carbocycles. The summed E-state index contributed by atoms with van der Waals surface area (Å²) in [5, 5.41) is 19.9. The van der Waals surface area contributed by atoms with Crippen LogP contribution in [0.5, 0.6) is 0 Å². The highest BCUT2D eigenvalue weighted by Gasteiger charge is 2.45. The summed E-state index contributed by atoms with van der Waals surface area (Å²) in [6.07, 6.45) is 0. The summed E-state index contributed by atoms with van der Waals surface area (Å²) in [5.74, 6) is 0. The maximum Gasteiger partial charge on any atom is 0.307 e. The zero-order chi connectivity index (χ0) is 93.2. The van der Waals surface area contributed by atoms with E-state index in [1.165, 1.54) is 186 Å². The molecule has 0 N–H and O–H groups in total. The molecule has 0 fully saturated rings. The molecule has 8 aromatic heterocycles. The number of benzene rings is 20. The third kappa shape index (κ3) is 11.1. The van der Waals surface area contributed by atoms with E-state index in [1.807, 2.05) is 97.1 Å². The fraction of sp³-hybridized carbons (Fsp3) is 0.0938. The monoisotopic (exact) mass is 1800 g/mol. The Hall–Kier alpha value is -17.5. The molecule has 4 aliphatic rings. The number of oxazole rings is 4. The van der Waals surface area contributed by atoms with Gasteiger partial charge in [0.15, 0.2) is 22.3 Å². The smallest absolute Gasteiger partial charge is 0.307 e. The molecule has 0 amide bonds. The predicted octanol–water partition coefficient (Wildman–Crippen LogP) is 33.5. The molecule has 4 aliphatic carbocycles. The van der Waals surface area contributed by atoms with Crippen molar-refractivity contribution >= 4 is 175 Å². The van der Waals surface area contributed by atoms with E-state index in [9.17, 15) is 0 Å². The van der Waals surface area contributed by atoms with Crippen molar-refractivity contribution in [1.82, 2.24) is 38.2 Å². The second-order valence-electron chi connectivity index (χ2n) is 40.1. The maximum absolute atomic E-state index is 6.40. The Balaban J connectivity index is 0.0000000896. The Kier molecular flexibility index (Phi) is 16.6. The average molecular weight is 1800 g/mol. The summed E-state index contributed by atoms with van der Waals surface area (Å²) in [4.78, 5) is 19.7. The fourth-order valence-corrected chi connectivity index (χ4v) is 25.0. The minimum Gasteiger partial charge on any atom is -0.423 e. The second kappa shape index (κ2) is 29.0. The number of aromatic nitrogens is 8. The molecule has 0 spiro atoms. The van der Waals surface area contributed by atoms with Crippen LogP contribution in [0.15, 0.2) is 406 Å². The van der Waals surface area contributed by atoms with Gasteiger partial charge in [-0.25, -0.2) is 0 Å². The summed E-state index contributed by atoms with van der Waals surface area (Å²) in [7, 11) is 0. The topological polar surface area (TPSA) is 124 Å². The van der Waals surface area contributed by atoms with Crippen molar-refractivity contribution in [3.63, 3.8) is 0 Å². The van der Waals surface area contributed by atoms with E-state index < -0.39 is 0 Å². The van der Waals surface area contributed by atoms with Gasteiger partial charge < -0.3 is 17.7 Å². The minimum atomic E-state index is -0.174. The van der Waals surface area contributed by atoms with Crippen LogP contribution in [-0.4, -0.2) is 38.2 Å². The predicted molar refractivity (Wildman–Crippen MR) is 574 cm³/mol. The SMILES string of the molecule is CC1(C)c2ccccc2-c2c1c1c(c3ccccc23)c2ccccc2n1-c1nc2ccccc2o1.CC1(C)c2ccccc2-c2c1c1c3ccccc3n(-c3nc4ccccc4o3)c1c1ccccc21.CC1(C)c2ccccc2-c2cc3c(cc21)c1cc2ccccc2cc1n3-c1nc2ccccc2o1.CC1(C)c2ccccc2-c2ccc3c4c5ccccc5ccc4n(-c4nc5ccccc5o4)c3c21. The van der Waals surface area contributed by atoms with E-state index in [0.29, 0.717) is 24.1 Å². The average Bonchev–Trinajstić information content (AvgIpc) is 1.53. The first-order valence-electron chi connectivity index (χ1n) is 48.3. The molecule has 0 saturated heterocycles. The van der Waals surface area contributed by atoms with Crippen molar-refractivity contribution in [3.05, 3.63) is 433 Å². The van der Waals surface area contributed by atoms with E-state index in [4.69, 9.17) is 37.6 Å². The van der Waals surface area contributed by atoms with E-state index in [-0.39, 0.29) is 21.7 Å². The van der Waals surface area contributed by atoms with Crippen molar-refractivity contribution in [2.24, 2.45) is 0 Å². The molecule has 20 aromatic carbocycles. The number of fused-ring (bicyclic) bond motifs is 40. The van der Waals surface area contributed by atoms with Gasteiger partial charge in [-0.3, -0.25) is 18.3 Å². The largest absolute Gasteiger partial charge is 0.423 e. The van der Waals surface area contributed by atoms with Crippen molar-refractivity contribution < 1.29 is 17.7 Å². The first kappa shape index (κ1) is 79.9. The van der Waals surface area contributed by atoms with Gasteiger partial charge in [-0.1, -0.05) is 353 Å². The Morgan fingerprint density at radius 3 is 1.13 bits per heavy atom. The van der Waals surface area contributed by atoms with Gasteiger partial charge in [-0.15, -0.1) is 0 Å². The summed E-state index contributed by atoms with van der Waals surface area (Å²) >= 11 is 0. The number of nitrogens with zero attached hydrogens (tertiary/aromatic N) is 8. The van der Waals surface area contributed by atoms with Crippen LogP contribution in [0, 0.1) is 0 Å². The molecule has 28 aromatic rings. The third-order valence-electron chi connectivity index (χ3n) is 31.2. The van der Waals surface area contributed by atoms with Crippen LogP contribution < -0.4 is 0 Å². The molecule has 0 atom stereocenters. The van der Waals surface area contributed by atoms with Crippen LogP contribution in [0.25, 0.3) is 243 Å². The van der Waals surface area contributed by atoms with Gasteiger partial charge in [-0.05, 0) is 218 Å². The summed E-state index contributed by atoms with van der Waals surface area (Å²) < 4.78 is 34.4. The lowest BCUT2D eigenvalue weighted by Gasteiger charge is -2.23. The summed E-state index contributed by atoms with van der Waals surface area (Å²) in [6, 6.07) is 140. The molecule has 12 nitrogen and oxygen atoms in total. The van der Waals surface area contributed by atoms with E-state index >= 15 is 0 Å². The second-order valence-corrected chi connectivity index (χ2v) is 40.1. The van der Waals surface area contributed by atoms with Crippen LogP contribution in [-0.2, 0) is 21.7 Å². The van der Waals surface area contributed by atoms with Gasteiger partial charge in [0, 0.05) is 70.1 Å². The summed E-state index contributed by atoms with van der Waals surface area (Å²) in [5.41, 5.74) is 36.7. The first-order chi connectivity index (χ1) is 68.5. The highest BCUT2D eigenvalue weighted by atomic mass is 16.4. The first-order valence-corrected chi connectivity index (χ1v) is 48.3. The van der Waals surface area contributed by atoms with E-state index in [0.717, 1.165) is 77.5 Å². The van der Waals surface area contributed by atoms with Crippen LogP contribution >= 0.6 is 0 Å². The third-order valence-corrected chi connectivity index (χ3v) is 31.2. The molecule has 0 radical (unpaired) electrons. The molecule has 0 bridgehead atoms. The van der Waals surface area contributed by atoms with Gasteiger partial charge >= 0.3 is 24.1 Å². The Morgan fingerprint density at radius 1 is 0.193 bits per heavy atom. The number of rotatable bonds is 4. The van der Waals surface area contributed by atoms with E-state index in [2.05, 4.69) is 365 Å². The Morgan fingerprint density at radius 2 is 0.571 bits per heavy atom. The van der Waals surface area contributed by atoms with Gasteiger partial charge in [-0.2, -0.15) is 19.9 Å². The number of hydrogen-bond donors (Lipinski definition) is 0. The van der Waals surface area contributed by atoms with Crippen LogP contribution in [0.1, 0.15) is 99.9 Å². The van der Waals surface area contributed by atoms with Gasteiger partial charge in [0.1, 0.15) is 22.1 Å². The molecule has 0 aliphatic heterocycles. The highest BCUT2D eigenvalue weighted by molar-refractivity contribution is 6.29. The van der Waals surface area contributed by atoms with Gasteiger partial charge in [0.25, 0.3) is 0 Å². The molecule has 664 valence electrons. The maximum atomic E-state index is 6.40. The van der Waals surface area contributed by atoms with Gasteiger partial charge in [0.2, 0.25) is 0 Å². The minimum absolute atomic E-state index is 0.0526. The van der Waals surface area contributed by atoms with Crippen LogP contribution in [0.4, 0.5) is 0 Å². The quantitative estimate of drug-likeness (QED) is 0.171. The lowest BCUT2D eigenvalue weighted by atomic mass is 9.79. The van der Waals surface area contributed by atoms with Crippen LogP contribution in [0.3, 0.4) is 0 Å². The molecular weight excluding hydrogens is 1710 g/mol. The van der Waals surface area contributed by atoms with Gasteiger partial charge in [0.05, 0.1) is 44.1 Å². The summed E-state index contributed by atoms with van der Waals surface area (Å²) in [6.45, 7) is 18.7. The standard InChI is InChI=1S/4C32H22N2O/c1-32(2)23-15-7-5-13-21(23)27-19-11-3-4-12-20(19)30-28(29(27)32)22-14-6-9-17-25(22)34(30)31-33-24-16-8-10-18-26(24)35-31;1-32(2)23-15-7-5-13-21(23)27-19-11-3-4-12-20(19)28-22-14-6-9-17-25(22)34(30(28)29(27)32)31-33-24-16-8-10-18-26(24)35-31;1-32(2)25-12-6-5-11-21(25)22-18-29-24(17-26(22)32)23-15-19-9-3-4-10-20(19)16-28(23)34(29)31-33-27-13-7-8-14-30(27)35-31;1-32(2)24-12-6-5-11-21(24)22-16-17-23-28-20-10-4-3-9-19(20)15-18-26(28)34(30(23)29(22)32)31-33-25-13-7-8-14-27(25)35-31/h4*3-18H,1-2H3. The number of hydrogen-bond acceptors (Lipinski definition) is 8. The Labute approximate surface area is 803 Å². The van der Waals surface area contributed by atoms with Crippen LogP contribution in [0.2, 0.25) is 0 Å². The lowest BCUT2D eigenvalue weighted by molar-refractivity contribution is 0.572. The Bertz CT molecular complexity index is 10100. The molecule has 0 unspecified atom stereocenters. The van der Waals surface area contributed by atoms with Crippen molar-refractivity contribution in [2.75, 3.05) is 0 Å². The molecule has 8 heterocycles. The van der Waals surface area contributed by atoms with Crippen molar-refractivity contribution in [3.8, 4) is 68.6 Å². The molecule has 12 heteroatoms. The number of para-hydroxylation sites is 10. The zero-order valence-corrected chi connectivity index (χ0v) is 78.2. The normalized spacial score (nSPS) is 14.2.